The van der Waals surface area contributed by atoms with Crippen LogP contribution in [0.5, 0.6) is 0 Å². The number of rotatable bonds is 2. The van der Waals surface area contributed by atoms with E-state index >= 15 is 0 Å². The molecule has 0 bridgehead atoms. The van der Waals surface area contributed by atoms with E-state index < -0.39 is 0 Å². The normalized spacial score (nSPS) is 9.83. The molecule has 0 atom stereocenters. The number of hydrogen-bond acceptors (Lipinski definition) is 3. The Hall–Kier alpha value is -1.41. The predicted octanol–water partition coefficient (Wildman–Crippen LogP) is 3.01. The Labute approximate surface area is 123 Å². The van der Waals surface area contributed by atoms with Crippen molar-refractivity contribution in [2.75, 3.05) is 5.32 Å². The Morgan fingerprint density at radius 1 is 1.22 bits per heavy atom. The van der Waals surface area contributed by atoms with Gasteiger partial charge in [-0.25, -0.2) is 0 Å². The quantitative estimate of drug-likeness (QED) is 0.629. The molecule has 0 aliphatic heterocycles. The molecule has 4 nitrogen and oxygen atoms in total. The average molecular weight is 372 g/mol. The number of nitrogens with one attached hydrogen (secondary N) is 2. The molecule has 0 aliphatic carbocycles. The van der Waals surface area contributed by atoms with Crippen molar-refractivity contribution in [2.24, 2.45) is 0 Å². The van der Waals surface area contributed by atoms with Crippen LogP contribution in [0.2, 0.25) is 0 Å². The summed E-state index contributed by atoms with van der Waals surface area (Å²) in [4.78, 5) is 11.7. The fraction of sp³-hybridized carbons (Fsp3) is 0. The first kappa shape index (κ1) is 13.0. The minimum atomic E-state index is -0.299. The van der Waals surface area contributed by atoms with Crippen LogP contribution in [0, 0.1) is 3.57 Å². The Morgan fingerprint density at radius 2 is 1.94 bits per heavy atom. The number of carbonyl (C=O) groups excluding carboxylic acids is 1. The van der Waals surface area contributed by atoms with E-state index in [0.29, 0.717) is 5.56 Å². The van der Waals surface area contributed by atoms with Crippen LogP contribution in [-0.4, -0.2) is 11.0 Å². The van der Waals surface area contributed by atoms with Gasteiger partial charge < -0.3 is 9.73 Å². The number of thiocarbonyl (C=S) groups is 1. The molecule has 0 spiro atoms. The first-order valence-electron chi connectivity index (χ1n) is 5.05. The SMILES string of the molecule is O=C(NC(=S)Nc1ccc(I)cc1)c1ccoc1. The highest BCUT2D eigenvalue weighted by atomic mass is 127. The molecule has 1 heterocycles. The molecule has 0 saturated carbocycles. The molecule has 0 unspecified atom stereocenters. The Kier molecular flexibility index (Phi) is 4.32. The summed E-state index contributed by atoms with van der Waals surface area (Å²) >= 11 is 7.26. The van der Waals surface area contributed by atoms with Crippen LogP contribution in [0.25, 0.3) is 0 Å². The lowest BCUT2D eigenvalue weighted by Gasteiger charge is -2.08. The van der Waals surface area contributed by atoms with Crippen molar-refractivity contribution in [1.29, 1.82) is 0 Å². The van der Waals surface area contributed by atoms with Gasteiger partial charge in [-0.2, -0.15) is 0 Å². The van der Waals surface area contributed by atoms with Crippen LogP contribution in [0.3, 0.4) is 0 Å². The lowest BCUT2D eigenvalue weighted by atomic mass is 10.3. The summed E-state index contributed by atoms with van der Waals surface area (Å²) in [6.45, 7) is 0. The second-order valence-electron chi connectivity index (χ2n) is 3.43. The van der Waals surface area contributed by atoms with Gasteiger partial charge in [0.1, 0.15) is 6.26 Å². The van der Waals surface area contributed by atoms with Crippen molar-refractivity contribution >= 4 is 51.5 Å². The molecule has 0 saturated heterocycles. The van der Waals surface area contributed by atoms with Gasteiger partial charge in [-0.3, -0.25) is 10.1 Å². The molecular formula is C12H9IN2O2S. The maximum absolute atomic E-state index is 11.7. The van der Waals surface area contributed by atoms with Crippen LogP contribution in [0.15, 0.2) is 47.3 Å². The van der Waals surface area contributed by atoms with Gasteiger partial charge >= 0.3 is 0 Å². The number of amides is 1. The fourth-order valence-electron chi connectivity index (χ4n) is 1.26. The highest BCUT2D eigenvalue weighted by Gasteiger charge is 2.08. The predicted molar refractivity (Wildman–Crippen MR) is 81.6 cm³/mol. The molecule has 1 aromatic carbocycles. The summed E-state index contributed by atoms with van der Waals surface area (Å²) in [5.41, 5.74) is 1.26. The van der Waals surface area contributed by atoms with Gasteiger partial charge in [-0.05, 0) is 65.1 Å². The van der Waals surface area contributed by atoms with Crippen LogP contribution in [0.1, 0.15) is 10.4 Å². The second kappa shape index (κ2) is 5.96. The largest absolute Gasteiger partial charge is 0.472 e. The van der Waals surface area contributed by atoms with Gasteiger partial charge in [0.2, 0.25) is 0 Å². The zero-order valence-electron chi connectivity index (χ0n) is 9.14. The van der Waals surface area contributed by atoms with Crippen LogP contribution >= 0.6 is 34.8 Å². The Balaban J connectivity index is 1.93. The second-order valence-corrected chi connectivity index (χ2v) is 5.08. The van der Waals surface area contributed by atoms with Gasteiger partial charge in [0, 0.05) is 9.26 Å². The van der Waals surface area contributed by atoms with Gasteiger partial charge in [0.15, 0.2) is 5.11 Å². The minimum absolute atomic E-state index is 0.252. The zero-order chi connectivity index (χ0) is 13.0. The molecule has 1 amide bonds. The lowest BCUT2D eigenvalue weighted by Crippen LogP contribution is -2.33. The third kappa shape index (κ3) is 3.54. The molecule has 1 aromatic heterocycles. The van der Waals surface area contributed by atoms with Gasteiger partial charge in [-0.15, -0.1) is 0 Å². The molecule has 6 heteroatoms. The summed E-state index contributed by atoms with van der Waals surface area (Å²) in [6.07, 6.45) is 2.80. The number of halogens is 1. The number of benzene rings is 1. The fourth-order valence-corrected chi connectivity index (χ4v) is 1.83. The van der Waals surface area contributed by atoms with Crippen molar-refractivity contribution in [2.45, 2.75) is 0 Å². The number of carbonyl (C=O) groups is 1. The summed E-state index contributed by atoms with van der Waals surface area (Å²) in [7, 11) is 0. The first-order valence-corrected chi connectivity index (χ1v) is 6.54. The third-order valence-electron chi connectivity index (χ3n) is 2.11. The van der Waals surface area contributed by atoms with E-state index in [4.69, 9.17) is 16.6 Å². The monoisotopic (exact) mass is 372 g/mol. The van der Waals surface area contributed by atoms with Gasteiger partial charge in [0.05, 0.1) is 11.8 Å². The Bertz CT molecular complexity index is 552. The van der Waals surface area contributed by atoms with Crippen molar-refractivity contribution in [3.63, 3.8) is 0 Å². The van der Waals surface area contributed by atoms with E-state index in [1.54, 1.807) is 6.07 Å². The number of hydrogen-bond donors (Lipinski definition) is 2. The molecule has 18 heavy (non-hydrogen) atoms. The van der Waals surface area contributed by atoms with Crippen LogP contribution in [-0.2, 0) is 0 Å². The summed E-state index contributed by atoms with van der Waals surface area (Å²) in [5, 5.41) is 5.74. The smallest absolute Gasteiger partial charge is 0.260 e. The molecule has 2 rings (SSSR count). The highest BCUT2D eigenvalue weighted by Crippen LogP contribution is 2.11. The summed E-state index contributed by atoms with van der Waals surface area (Å²) < 4.78 is 5.95. The van der Waals surface area contributed by atoms with Gasteiger partial charge in [-0.1, -0.05) is 0 Å². The molecule has 2 aromatic rings. The standard InChI is InChI=1S/C12H9IN2O2S/c13-9-1-3-10(4-2-9)14-12(18)15-11(16)8-5-6-17-7-8/h1-7H,(H2,14,15,16,18). The van der Waals surface area contributed by atoms with Crippen molar-refractivity contribution in [1.82, 2.24) is 5.32 Å². The first-order chi connectivity index (χ1) is 8.65. The van der Waals surface area contributed by atoms with E-state index in [2.05, 4.69) is 33.2 Å². The average Bonchev–Trinajstić information content (AvgIpc) is 2.85. The number of furan rings is 1. The van der Waals surface area contributed by atoms with Gasteiger partial charge in [0.25, 0.3) is 5.91 Å². The van der Waals surface area contributed by atoms with Crippen LogP contribution in [0.4, 0.5) is 5.69 Å². The molecule has 92 valence electrons. The zero-order valence-corrected chi connectivity index (χ0v) is 12.1. The van der Waals surface area contributed by atoms with Crippen molar-refractivity contribution in [3.05, 3.63) is 52.0 Å². The van der Waals surface area contributed by atoms with E-state index in [-0.39, 0.29) is 11.0 Å². The maximum atomic E-state index is 11.7. The Morgan fingerprint density at radius 3 is 2.56 bits per heavy atom. The van der Waals surface area contributed by atoms with Crippen LogP contribution < -0.4 is 10.6 Å². The molecule has 0 radical (unpaired) electrons. The van der Waals surface area contributed by atoms with Crippen molar-refractivity contribution in [3.8, 4) is 0 Å². The lowest BCUT2D eigenvalue weighted by molar-refractivity contribution is 0.0977. The number of anilines is 1. The topological polar surface area (TPSA) is 54.3 Å². The van der Waals surface area contributed by atoms with E-state index in [1.165, 1.54) is 12.5 Å². The highest BCUT2D eigenvalue weighted by molar-refractivity contribution is 14.1. The molecule has 0 fully saturated rings. The third-order valence-corrected chi connectivity index (χ3v) is 3.04. The maximum Gasteiger partial charge on any atom is 0.260 e. The summed E-state index contributed by atoms with van der Waals surface area (Å²) in [5.74, 6) is -0.299. The molecule has 2 N–H and O–H groups in total. The summed E-state index contributed by atoms with van der Waals surface area (Å²) in [6, 6.07) is 9.24. The van der Waals surface area contributed by atoms with Crippen molar-refractivity contribution < 1.29 is 9.21 Å². The minimum Gasteiger partial charge on any atom is -0.472 e. The molecular weight excluding hydrogens is 363 g/mol. The van der Waals surface area contributed by atoms with E-state index in [1.807, 2.05) is 24.3 Å². The molecule has 0 aliphatic rings. The van der Waals surface area contributed by atoms with E-state index in [0.717, 1.165) is 9.26 Å². The van der Waals surface area contributed by atoms with E-state index in [9.17, 15) is 4.79 Å².